The maximum absolute atomic E-state index is 5.76. The van der Waals surface area contributed by atoms with Gasteiger partial charge in [0.05, 0.1) is 24.5 Å². The number of hydrogen-bond acceptors (Lipinski definition) is 4. The van der Waals surface area contributed by atoms with Crippen molar-refractivity contribution in [2.75, 3.05) is 23.8 Å². The van der Waals surface area contributed by atoms with Gasteiger partial charge in [-0.05, 0) is 12.1 Å². The van der Waals surface area contributed by atoms with Crippen molar-refractivity contribution in [3.05, 3.63) is 24.3 Å². The second-order valence-electron chi connectivity index (χ2n) is 2.64. The molecule has 0 radical (unpaired) electrons. The zero-order valence-corrected chi connectivity index (χ0v) is 6.64. The van der Waals surface area contributed by atoms with Gasteiger partial charge in [0.2, 0.25) is 0 Å². The van der Waals surface area contributed by atoms with Crippen LogP contribution in [-0.2, 0) is 0 Å². The van der Waals surface area contributed by atoms with Crippen molar-refractivity contribution in [3.63, 3.8) is 0 Å². The Morgan fingerprint density at radius 3 is 2.83 bits per heavy atom. The molecule has 4 nitrogen and oxygen atoms in total. The summed E-state index contributed by atoms with van der Waals surface area (Å²) >= 11 is 0. The quantitative estimate of drug-likeness (QED) is 0.635. The highest BCUT2D eigenvalue weighted by atomic mass is 15.6. The molecule has 2 rings (SSSR count). The van der Waals surface area contributed by atoms with E-state index in [0.29, 0.717) is 0 Å². The fourth-order valence-electron chi connectivity index (χ4n) is 1.20. The van der Waals surface area contributed by atoms with Gasteiger partial charge in [-0.1, -0.05) is 17.4 Å². The Balaban J connectivity index is 2.33. The Morgan fingerprint density at radius 1 is 1.33 bits per heavy atom. The molecule has 0 saturated carbocycles. The summed E-state index contributed by atoms with van der Waals surface area (Å²) in [5, 5.41) is 9.64. The molecule has 12 heavy (non-hydrogen) atoms. The molecule has 0 aromatic heterocycles. The molecule has 0 aliphatic carbocycles. The Kier molecular flexibility index (Phi) is 1.66. The summed E-state index contributed by atoms with van der Waals surface area (Å²) in [6.07, 6.45) is 0. The van der Waals surface area contributed by atoms with Crippen LogP contribution in [0, 0.1) is 0 Å². The fraction of sp³-hybridized carbons (Fsp3) is 0.250. The van der Waals surface area contributed by atoms with Gasteiger partial charge in [0.15, 0.2) is 0 Å². The lowest BCUT2D eigenvalue weighted by atomic mass is 10.2. The first-order valence-corrected chi connectivity index (χ1v) is 3.87. The molecule has 4 heteroatoms. The molecule has 0 fully saturated rings. The van der Waals surface area contributed by atoms with Gasteiger partial charge in [-0.25, -0.2) is 5.01 Å². The van der Waals surface area contributed by atoms with Crippen molar-refractivity contribution >= 4 is 11.4 Å². The lowest BCUT2D eigenvalue weighted by molar-refractivity contribution is 0.945. The van der Waals surface area contributed by atoms with Gasteiger partial charge in [0, 0.05) is 0 Å². The maximum Gasteiger partial charge on any atom is 0.0841 e. The Morgan fingerprint density at radius 2 is 2.17 bits per heavy atom. The molecule has 0 amide bonds. The zero-order chi connectivity index (χ0) is 8.39. The van der Waals surface area contributed by atoms with Gasteiger partial charge in [-0.3, -0.25) is 0 Å². The summed E-state index contributed by atoms with van der Waals surface area (Å²) in [5.41, 5.74) is 7.45. The Bertz CT molecular complexity index is 308. The summed E-state index contributed by atoms with van der Waals surface area (Å²) in [7, 11) is 0. The van der Waals surface area contributed by atoms with E-state index >= 15 is 0 Å². The minimum absolute atomic E-state index is 0.748. The van der Waals surface area contributed by atoms with Crippen LogP contribution in [0.2, 0.25) is 0 Å². The van der Waals surface area contributed by atoms with Gasteiger partial charge >= 0.3 is 0 Å². The molecule has 1 aliphatic heterocycles. The molecule has 1 heterocycles. The predicted octanol–water partition coefficient (Wildman–Crippen LogP) is 1.46. The molecule has 1 aromatic rings. The van der Waals surface area contributed by atoms with E-state index in [4.69, 9.17) is 5.73 Å². The van der Waals surface area contributed by atoms with E-state index < -0.39 is 0 Å². The van der Waals surface area contributed by atoms with Crippen LogP contribution >= 0.6 is 0 Å². The van der Waals surface area contributed by atoms with Gasteiger partial charge in [-0.15, -0.1) is 0 Å². The van der Waals surface area contributed by atoms with E-state index in [2.05, 4.69) is 10.3 Å². The smallest absolute Gasteiger partial charge is 0.0841 e. The first kappa shape index (κ1) is 7.09. The van der Waals surface area contributed by atoms with E-state index in [1.807, 2.05) is 29.3 Å². The zero-order valence-electron chi connectivity index (χ0n) is 6.64. The van der Waals surface area contributed by atoms with Crippen LogP contribution < -0.4 is 10.7 Å². The molecule has 0 atom stereocenters. The molecule has 62 valence electrons. The van der Waals surface area contributed by atoms with E-state index in [-0.39, 0.29) is 0 Å². The highest BCUT2D eigenvalue weighted by Gasteiger charge is 2.11. The average Bonchev–Trinajstić information content (AvgIpc) is 2.57. The number of rotatable bonds is 1. The molecular formula is C8H10N4. The van der Waals surface area contributed by atoms with E-state index in [9.17, 15) is 0 Å². The van der Waals surface area contributed by atoms with Gasteiger partial charge in [-0.2, -0.15) is 5.11 Å². The number of nitrogens with two attached hydrogens (primary N) is 1. The monoisotopic (exact) mass is 162 g/mol. The summed E-state index contributed by atoms with van der Waals surface area (Å²) in [6.45, 7) is 1.59. The van der Waals surface area contributed by atoms with Crippen LogP contribution in [0.3, 0.4) is 0 Å². The molecule has 0 spiro atoms. The molecule has 0 bridgehead atoms. The summed E-state index contributed by atoms with van der Waals surface area (Å²) in [5.74, 6) is 0. The molecule has 0 saturated heterocycles. The summed E-state index contributed by atoms with van der Waals surface area (Å²) in [6, 6.07) is 7.66. The van der Waals surface area contributed by atoms with Gasteiger partial charge in [0.25, 0.3) is 0 Å². The first-order valence-electron chi connectivity index (χ1n) is 3.87. The molecule has 0 unspecified atom stereocenters. The number of nitrogen functional groups attached to an aromatic ring is 1. The molecule has 1 aromatic carbocycles. The SMILES string of the molecule is Nc1ccccc1N1CCN=N1. The third-order valence-corrected chi connectivity index (χ3v) is 1.80. The Labute approximate surface area is 70.7 Å². The van der Waals surface area contributed by atoms with E-state index in [1.54, 1.807) is 0 Å². The third-order valence-electron chi connectivity index (χ3n) is 1.80. The van der Waals surface area contributed by atoms with Crippen LogP contribution in [0.5, 0.6) is 0 Å². The van der Waals surface area contributed by atoms with Crippen LogP contribution in [0.25, 0.3) is 0 Å². The van der Waals surface area contributed by atoms with Crippen molar-refractivity contribution in [2.24, 2.45) is 10.3 Å². The van der Waals surface area contributed by atoms with Crippen molar-refractivity contribution in [1.82, 2.24) is 0 Å². The summed E-state index contributed by atoms with van der Waals surface area (Å²) in [4.78, 5) is 0. The van der Waals surface area contributed by atoms with Crippen molar-refractivity contribution < 1.29 is 0 Å². The lowest BCUT2D eigenvalue weighted by Crippen LogP contribution is -2.14. The second kappa shape index (κ2) is 2.81. The van der Waals surface area contributed by atoms with Gasteiger partial charge in [0.1, 0.15) is 0 Å². The highest BCUT2D eigenvalue weighted by Crippen LogP contribution is 2.24. The number of hydrogen-bond donors (Lipinski definition) is 1. The minimum atomic E-state index is 0.748. The molecule has 1 aliphatic rings. The van der Waals surface area contributed by atoms with Crippen LogP contribution in [-0.4, -0.2) is 13.1 Å². The number of anilines is 2. The largest absolute Gasteiger partial charge is 0.397 e. The molecule has 2 N–H and O–H groups in total. The van der Waals surface area contributed by atoms with E-state index in [1.165, 1.54) is 0 Å². The van der Waals surface area contributed by atoms with Crippen LogP contribution in [0.15, 0.2) is 34.6 Å². The van der Waals surface area contributed by atoms with Gasteiger partial charge < -0.3 is 5.73 Å². The average molecular weight is 162 g/mol. The number of para-hydroxylation sites is 2. The van der Waals surface area contributed by atoms with Crippen molar-refractivity contribution in [3.8, 4) is 0 Å². The Hall–Kier alpha value is -1.58. The lowest BCUT2D eigenvalue weighted by Gasteiger charge is -2.13. The first-order chi connectivity index (χ1) is 5.88. The number of nitrogens with zero attached hydrogens (tertiary/aromatic N) is 3. The summed E-state index contributed by atoms with van der Waals surface area (Å²) < 4.78 is 0. The topological polar surface area (TPSA) is 54.0 Å². The minimum Gasteiger partial charge on any atom is -0.397 e. The second-order valence-corrected chi connectivity index (χ2v) is 2.64. The fourth-order valence-corrected chi connectivity index (χ4v) is 1.20. The molecular weight excluding hydrogens is 152 g/mol. The predicted molar refractivity (Wildman–Crippen MR) is 47.9 cm³/mol. The van der Waals surface area contributed by atoms with Crippen molar-refractivity contribution in [2.45, 2.75) is 0 Å². The van der Waals surface area contributed by atoms with E-state index in [0.717, 1.165) is 24.5 Å². The van der Waals surface area contributed by atoms with Crippen LogP contribution in [0.1, 0.15) is 0 Å². The highest BCUT2D eigenvalue weighted by molar-refractivity contribution is 5.66. The standard InChI is InChI=1S/C8H10N4/c9-7-3-1-2-4-8(7)12-6-5-10-11-12/h1-4H,5-6,9H2. The third kappa shape index (κ3) is 1.11. The van der Waals surface area contributed by atoms with Crippen molar-refractivity contribution in [1.29, 1.82) is 0 Å². The van der Waals surface area contributed by atoms with Crippen LogP contribution in [0.4, 0.5) is 11.4 Å². The number of benzene rings is 1. The maximum atomic E-state index is 5.76. The normalized spacial score (nSPS) is 15.5.